The van der Waals surface area contributed by atoms with E-state index in [4.69, 9.17) is 5.10 Å². The van der Waals surface area contributed by atoms with Gasteiger partial charge in [0.25, 0.3) is 0 Å². The van der Waals surface area contributed by atoms with Gasteiger partial charge in [-0.1, -0.05) is 6.07 Å². The van der Waals surface area contributed by atoms with E-state index in [0.717, 1.165) is 55.2 Å². The SMILES string of the molecule is c1cncc(CN2CCC(c3nnc4ccc(-c5cccnc5)nn34)CC2)c1. The van der Waals surface area contributed by atoms with Crippen LogP contribution < -0.4 is 0 Å². The van der Waals surface area contributed by atoms with Crippen molar-refractivity contribution < 1.29 is 0 Å². The lowest BCUT2D eigenvalue weighted by Crippen LogP contribution is -2.33. The van der Waals surface area contributed by atoms with Crippen LogP contribution in [0.5, 0.6) is 0 Å². The van der Waals surface area contributed by atoms with Gasteiger partial charge in [-0.05, 0) is 61.8 Å². The highest BCUT2D eigenvalue weighted by Gasteiger charge is 2.25. The fourth-order valence-corrected chi connectivity index (χ4v) is 3.83. The number of hydrogen-bond acceptors (Lipinski definition) is 6. The van der Waals surface area contributed by atoms with Crippen molar-refractivity contribution in [3.8, 4) is 11.3 Å². The van der Waals surface area contributed by atoms with Gasteiger partial charge in [-0.2, -0.15) is 9.61 Å². The molecule has 0 spiro atoms. The summed E-state index contributed by atoms with van der Waals surface area (Å²) in [5.74, 6) is 1.33. The number of aromatic nitrogens is 6. The van der Waals surface area contributed by atoms with Crippen molar-refractivity contribution in [2.24, 2.45) is 0 Å². The fourth-order valence-electron chi connectivity index (χ4n) is 3.83. The molecule has 0 radical (unpaired) electrons. The van der Waals surface area contributed by atoms with Crippen LogP contribution in [0.25, 0.3) is 16.9 Å². The second kappa shape index (κ2) is 7.44. The molecular weight excluding hydrogens is 350 g/mol. The summed E-state index contributed by atoms with van der Waals surface area (Å²) in [6.45, 7) is 3.03. The highest BCUT2D eigenvalue weighted by atomic mass is 15.4. The average molecular weight is 371 g/mol. The van der Waals surface area contributed by atoms with Crippen molar-refractivity contribution in [3.05, 3.63) is 72.6 Å². The Hall–Kier alpha value is -3.19. The Kier molecular flexibility index (Phi) is 4.50. The van der Waals surface area contributed by atoms with Gasteiger partial charge in [0.05, 0.1) is 5.69 Å². The average Bonchev–Trinajstić information content (AvgIpc) is 3.19. The van der Waals surface area contributed by atoms with E-state index in [0.29, 0.717) is 5.92 Å². The van der Waals surface area contributed by atoms with Gasteiger partial charge in [-0.25, -0.2) is 0 Å². The molecule has 4 aromatic rings. The summed E-state index contributed by atoms with van der Waals surface area (Å²) in [5.41, 5.74) is 3.93. The van der Waals surface area contributed by atoms with Gasteiger partial charge in [0, 0.05) is 42.8 Å². The molecule has 5 rings (SSSR count). The van der Waals surface area contributed by atoms with Crippen LogP contribution in [0.15, 0.2) is 61.2 Å². The highest BCUT2D eigenvalue weighted by Crippen LogP contribution is 2.28. The van der Waals surface area contributed by atoms with E-state index in [1.54, 1.807) is 6.20 Å². The third-order valence-electron chi connectivity index (χ3n) is 5.33. The zero-order valence-electron chi connectivity index (χ0n) is 15.5. The Bertz CT molecular complexity index is 1050. The number of hydrogen-bond donors (Lipinski definition) is 0. The molecule has 1 aliphatic rings. The fraction of sp³-hybridized carbons (Fsp3) is 0.286. The number of rotatable bonds is 4. The molecule has 1 fully saturated rings. The predicted molar refractivity (Wildman–Crippen MR) is 106 cm³/mol. The number of fused-ring (bicyclic) bond motifs is 1. The zero-order valence-corrected chi connectivity index (χ0v) is 15.5. The van der Waals surface area contributed by atoms with Crippen LogP contribution in [0, 0.1) is 0 Å². The van der Waals surface area contributed by atoms with Gasteiger partial charge in [-0.3, -0.25) is 14.9 Å². The van der Waals surface area contributed by atoms with E-state index >= 15 is 0 Å². The minimum atomic E-state index is 0.372. The summed E-state index contributed by atoms with van der Waals surface area (Å²) in [4.78, 5) is 10.9. The van der Waals surface area contributed by atoms with Crippen LogP contribution in [0.3, 0.4) is 0 Å². The number of piperidine rings is 1. The lowest BCUT2D eigenvalue weighted by atomic mass is 9.96. The van der Waals surface area contributed by atoms with Crippen molar-refractivity contribution in [3.63, 3.8) is 0 Å². The maximum Gasteiger partial charge on any atom is 0.177 e. The van der Waals surface area contributed by atoms with Gasteiger partial charge in [0.1, 0.15) is 0 Å². The van der Waals surface area contributed by atoms with Crippen LogP contribution in [0.4, 0.5) is 0 Å². The molecule has 0 N–H and O–H groups in total. The standard InChI is InChI=1S/C21H21N7/c1-3-16(13-22-9-1)15-27-11-7-17(8-12-27)21-25-24-20-6-5-19(26-28(20)21)18-4-2-10-23-14-18/h1-6,9-10,13-14,17H,7-8,11-12,15H2. The summed E-state index contributed by atoms with van der Waals surface area (Å²) >= 11 is 0. The first-order chi connectivity index (χ1) is 13.9. The normalized spacial score (nSPS) is 15.9. The maximum atomic E-state index is 4.80. The first-order valence-electron chi connectivity index (χ1n) is 9.61. The van der Waals surface area contributed by atoms with Crippen molar-refractivity contribution in [2.45, 2.75) is 25.3 Å². The molecule has 0 unspecified atom stereocenters. The molecule has 0 amide bonds. The molecule has 4 aromatic heterocycles. The van der Waals surface area contributed by atoms with Crippen LogP contribution in [0.1, 0.15) is 30.1 Å². The first kappa shape index (κ1) is 16.9. The predicted octanol–water partition coefficient (Wildman–Crippen LogP) is 2.96. The molecule has 5 heterocycles. The van der Waals surface area contributed by atoms with Crippen molar-refractivity contribution in [1.29, 1.82) is 0 Å². The number of nitrogens with zero attached hydrogens (tertiary/aromatic N) is 7. The Morgan fingerprint density at radius 1 is 0.893 bits per heavy atom. The number of pyridine rings is 2. The van der Waals surface area contributed by atoms with Crippen LogP contribution in [-0.4, -0.2) is 47.8 Å². The topological polar surface area (TPSA) is 72.1 Å². The summed E-state index contributed by atoms with van der Waals surface area (Å²) in [5, 5.41) is 13.6. The molecule has 0 atom stereocenters. The highest BCUT2D eigenvalue weighted by molar-refractivity contribution is 5.58. The largest absolute Gasteiger partial charge is 0.299 e. The Labute approximate surface area is 163 Å². The monoisotopic (exact) mass is 371 g/mol. The van der Waals surface area contributed by atoms with E-state index in [1.807, 2.05) is 53.4 Å². The van der Waals surface area contributed by atoms with Gasteiger partial charge in [0.15, 0.2) is 11.5 Å². The van der Waals surface area contributed by atoms with Gasteiger partial charge in [-0.15, -0.1) is 10.2 Å². The van der Waals surface area contributed by atoms with Crippen molar-refractivity contribution in [1.82, 2.24) is 34.7 Å². The second-order valence-electron chi connectivity index (χ2n) is 7.20. The third kappa shape index (κ3) is 3.36. The Morgan fingerprint density at radius 3 is 2.46 bits per heavy atom. The summed E-state index contributed by atoms with van der Waals surface area (Å²) < 4.78 is 1.91. The van der Waals surface area contributed by atoms with Crippen LogP contribution >= 0.6 is 0 Å². The minimum Gasteiger partial charge on any atom is -0.299 e. The van der Waals surface area contributed by atoms with E-state index in [-0.39, 0.29) is 0 Å². The van der Waals surface area contributed by atoms with Crippen molar-refractivity contribution >= 4 is 5.65 Å². The molecule has 7 nitrogen and oxygen atoms in total. The Morgan fingerprint density at radius 2 is 1.71 bits per heavy atom. The van der Waals surface area contributed by atoms with E-state index < -0.39 is 0 Å². The molecule has 0 aliphatic carbocycles. The summed E-state index contributed by atoms with van der Waals surface area (Å²) in [6, 6.07) is 12.0. The third-order valence-corrected chi connectivity index (χ3v) is 5.33. The Balaban J connectivity index is 1.34. The van der Waals surface area contributed by atoms with Gasteiger partial charge in [0.2, 0.25) is 0 Å². The lowest BCUT2D eigenvalue weighted by Gasteiger charge is -2.30. The summed E-state index contributed by atoms with van der Waals surface area (Å²) in [7, 11) is 0. The minimum absolute atomic E-state index is 0.372. The summed E-state index contributed by atoms with van der Waals surface area (Å²) in [6.07, 6.45) is 9.47. The smallest absolute Gasteiger partial charge is 0.177 e. The molecule has 28 heavy (non-hydrogen) atoms. The molecule has 1 aliphatic heterocycles. The molecule has 140 valence electrons. The molecular formula is C21H21N7. The van der Waals surface area contributed by atoms with Gasteiger partial charge < -0.3 is 0 Å². The lowest BCUT2D eigenvalue weighted by molar-refractivity contribution is 0.200. The van der Waals surface area contributed by atoms with Gasteiger partial charge >= 0.3 is 0 Å². The van der Waals surface area contributed by atoms with E-state index in [2.05, 4.69) is 31.1 Å². The molecule has 1 saturated heterocycles. The van der Waals surface area contributed by atoms with E-state index in [1.165, 1.54) is 5.56 Å². The molecule has 0 saturated carbocycles. The molecule has 0 bridgehead atoms. The molecule has 0 aromatic carbocycles. The second-order valence-corrected chi connectivity index (χ2v) is 7.20. The number of likely N-dealkylation sites (tertiary alicyclic amines) is 1. The van der Waals surface area contributed by atoms with Crippen LogP contribution in [0.2, 0.25) is 0 Å². The van der Waals surface area contributed by atoms with Crippen molar-refractivity contribution in [2.75, 3.05) is 13.1 Å². The quantitative estimate of drug-likeness (QED) is 0.549. The zero-order chi connectivity index (χ0) is 18.8. The van der Waals surface area contributed by atoms with Crippen LogP contribution in [-0.2, 0) is 6.54 Å². The maximum absolute atomic E-state index is 4.80. The van der Waals surface area contributed by atoms with E-state index in [9.17, 15) is 0 Å². The molecule has 7 heteroatoms. The first-order valence-corrected chi connectivity index (χ1v) is 9.61.